The summed E-state index contributed by atoms with van der Waals surface area (Å²) in [4.78, 5) is 11.8. The van der Waals surface area contributed by atoms with Crippen LogP contribution in [0.3, 0.4) is 0 Å². The van der Waals surface area contributed by atoms with Crippen LogP contribution in [0.5, 0.6) is 0 Å². The Morgan fingerprint density at radius 3 is 1.73 bits per heavy atom. The molecule has 3 atom stereocenters. The van der Waals surface area contributed by atoms with Gasteiger partial charge in [0.25, 0.3) is 0 Å². The molecule has 2 bridgehead atoms. The number of fused-ring (bicyclic) bond motifs is 2. The number of carbonyl (C=O) groups is 1. The Morgan fingerprint density at radius 1 is 0.767 bits per heavy atom. The number of ether oxygens (including phenoxy) is 1. The van der Waals surface area contributed by atoms with Crippen LogP contribution in [-0.2, 0) is 9.53 Å². The Bertz CT molecular complexity index is 669. The van der Waals surface area contributed by atoms with E-state index in [-0.39, 0.29) is 18.3 Å². The predicted octanol–water partition coefficient (Wildman–Crippen LogP) is 6.02. The van der Waals surface area contributed by atoms with Crippen molar-refractivity contribution in [3.05, 3.63) is 12.2 Å². The van der Waals surface area contributed by atoms with Crippen molar-refractivity contribution in [2.75, 3.05) is 6.61 Å². The monoisotopic (exact) mass is 462 g/mol. The van der Waals surface area contributed by atoms with Gasteiger partial charge in [0, 0.05) is 12.8 Å². The van der Waals surface area contributed by atoms with Crippen LogP contribution < -0.4 is 0 Å². The summed E-state index contributed by atoms with van der Waals surface area (Å²) < 4.78 is 148. The number of carbonyl (C=O) groups excluding carboxylic acids is 1. The van der Waals surface area contributed by atoms with E-state index in [9.17, 15) is 53.1 Å². The van der Waals surface area contributed by atoms with Crippen LogP contribution >= 0.6 is 0 Å². The van der Waals surface area contributed by atoms with Gasteiger partial charge in [0.1, 0.15) is 6.42 Å². The number of hydrogen-bond donors (Lipinski definition) is 0. The molecule has 174 valence electrons. The fraction of sp³-hybridized carbons (Fsp3) is 0.824. The topological polar surface area (TPSA) is 26.3 Å². The van der Waals surface area contributed by atoms with Crippen molar-refractivity contribution >= 4 is 5.97 Å². The lowest BCUT2D eigenvalue weighted by Crippen LogP contribution is -2.49. The first-order chi connectivity index (χ1) is 13.4. The average Bonchev–Trinajstić information content (AvgIpc) is 3.19. The van der Waals surface area contributed by atoms with E-state index in [2.05, 4.69) is 4.74 Å². The van der Waals surface area contributed by atoms with Gasteiger partial charge in [-0.05, 0) is 24.7 Å². The van der Waals surface area contributed by atoms with Gasteiger partial charge in [-0.15, -0.1) is 0 Å². The van der Waals surface area contributed by atoms with E-state index in [1.54, 1.807) is 6.08 Å². The molecular formula is C17H17F11O2. The molecule has 0 saturated heterocycles. The third-order valence-electron chi connectivity index (χ3n) is 5.22. The zero-order valence-electron chi connectivity index (χ0n) is 15.1. The Hall–Kier alpha value is -1.56. The van der Waals surface area contributed by atoms with Crippen molar-refractivity contribution < 1.29 is 57.8 Å². The summed E-state index contributed by atoms with van der Waals surface area (Å²) in [5.74, 6) is -24.1. The zero-order valence-corrected chi connectivity index (χ0v) is 15.1. The maximum atomic E-state index is 13.7. The molecule has 0 aromatic rings. The molecule has 30 heavy (non-hydrogen) atoms. The van der Waals surface area contributed by atoms with E-state index < -0.39 is 67.6 Å². The van der Waals surface area contributed by atoms with Crippen LogP contribution in [0.15, 0.2) is 12.2 Å². The molecule has 0 radical (unpaired) electrons. The second-order valence-corrected chi connectivity index (χ2v) is 7.60. The molecule has 3 unspecified atom stereocenters. The third kappa shape index (κ3) is 5.37. The van der Waals surface area contributed by atoms with E-state index in [0.717, 1.165) is 0 Å². The minimum absolute atomic E-state index is 0.0371. The Balaban J connectivity index is 1.94. The molecule has 2 nitrogen and oxygen atoms in total. The van der Waals surface area contributed by atoms with Crippen molar-refractivity contribution in [1.29, 1.82) is 0 Å². The molecule has 0 heterocycles. The first-order valence-corrected chi connectivity index (χ1v) is 8.80. The average molecular weight is 462 g/mol. The maximum absolute atomic E-state index is 13.7. The summed E-state index contributed by atoms with van der Waals surface area (Å²) in [6.45, 7) is -2.18. The van der Waals surface area contributed by atoms with Crippen molar-refractivity contribution in [2.45, 2.75) is 62.0 Å². The van der Waals surface area contributed by atoms with Crippen LogP contribution in [0.25, 0.3) is 0 Å². The second-order valence-electron chi connectivity index (χ2n) is 7.60. The van der Waals surface area contributed by atoms with Gasteiger partial charge in [0.15, 0.2) is 6.61 Å². The number of esters is 1. The van der Waals surface area contributed by atoms with E-state index in [1.807, 2.05) is 6.08 Å². The molecule has 2 aliphatic carbocycles. The first kappa shape index (κ1) is 24.7. The third-order valence-corrected chi connectivity index (χ3v) is 5.22. The van der Waals surface area contributed by atoms with Gasteiger partial charge in [-0.25, -0.2) is 0 Å². The van der Waals surface area contributed by atoms with Gasteiger partial charge < -0.3 is 4.74 Å². The van der Waals surface area contributed by atoms with E-state index in [4.69, 9.17) is 0 Å². The standard InChI is InChI=1S/C17H17F11O2/c18-13(19,15(22,23)7-17(26,27)28)3-4-14(20,21)16(24,25)8-30-12(29)11-6-9-1-2-10(11)5-9/h1-2,9-11H,3-8H2. The minimum atomic E-state index is -5.77. The highest BCUT2D eigenvalue weighted by Crippen LogP contribution is 2.48. The van der Waals surface area contributed by atoms with Gasteiger partial charge in [-0.3, -0.25) is 4.79 Å². The lowest BCUT2D eigenvalue weighted by atomic mass is 9.94. The fourth-order valence-corrected chi connectivity index (χ4v) is 3.49. The normalized spacial score (nSPS) is 25.1. The smallest absolute Gasteiger partial charge is 0.395 e. The summed E-state index contributed by atoms with van der Waals surface area (Å²) in [5, 5.41) is 0. The first-order valence-electron chi connectivity index (χ1n) is 8.80. The van der Waals surface area contributed by atoms with Gasteiger partial charge in [-0.2, -0.15) is 48.3 Å². The zero-order chi connectivity index (χ0) is 23.2. The van der Waals surface area contributed by atoms with Gasteiger partial charge in [0.05, 0.1) is 5.92 Å². The molecule has 13 heteroatoms. The van der Waals surface area contributed by atoms with Crippen molar-refractivity contribution in [2.24, 2.45) is 17.8 Å². The van der Waals surface area contributed by atoms with Crippen LogP contribution in [0.2, 0.25) is 0 Å². The van der Waals surface area contributed by atoms with Crippen molar-refractivity contribution in [1.82, 2.24) is 0 Å². The summed E-state index contributed by atoms with van der Waals surface area (Å²) in [7, 11) is 0. The minimum Gasteiger partial charge on any atom is -0.459 e. The second kappa shape index (κ2) is 7.85. The van der Waals surface area contributed by atoms with Crippen LogP contribution in [0, 0.1) is 17.8 Å². The molecule has 0 aromatic heterocycles. The van der Waals surface area contributed by atoms with Crippen molar-refractivity contribution in [3.63, 3.8) is 0 Å². The molecule has 0 spiro atoms. The van der Waals surface area contributed by atoms with Gasteiger partial charge >= 0.3 is 35.8 Å². The highest BCUT2D eigenvalue weighted by atomic mass is 19.4. The lowest BCUT2D eigenvalue weighted by molar-refractivity contribution is -0.277. The SMILES string of the molecule is O=C(OCC(F)(F)C(F)(F)CCC(F)(F)C(F)(F)CC(F)(F)F)C1CC2C=CC1C2. The summed E-state index contributed by atoms with van der Waals surface area (Å²) in [6, 6.07) is 0. The lowest BCUT2D eigenvalue weighted by Gasteiger charge is -2.31. The Kier molecular flexibility index (Phi) is 6.46. The molecule has 2 rings (SSSR count). The Morgan fingerprint density at radius 2 is 1.30 bits per heavy atom. The molecule has 0 aromatic carbocycles. The van der Waals surface area contributed by atoms with E-state index in [0.29, 0.717) is 6.42 Å². The van der Waals surface area contributed by atoms with Gasteiger partial charge in [0.2, 0.25) is 0 Å². The number of rotatable bonds is 9. The molecule has 0 amide bonds. The molecule has 1 saturated carbocycles. The number of allylic oxidation sites excluding steroid dienone is 2. The molecule has 0 aliphatic heterocycles. The van der Waals surface area contributed by atoms with Crippen LogP contribution in [0.1, 0.15) is 32.1 Å². The van der Waals surface area contributed by atoms with E-state index in [1.165, 1.54) is 0 Å². The molecule has 2 aliphatic rings. The molecule has 1 fully saturated rings. The molecule has 0 N–H and O–H groups in total. The van der Waals surface area contributed by atoms with E-state index >= 15 is 0 Å². The molecular weight excluding hydrogens is 445 g/mol. The highest BCUT2D eigenvalue weighted by Gasteiger charge is 2.64. The predicted molar refractivity (Wildman–Crippen MR) is 79.5 cm³/mol. The quantitative estimate of drug-likeness (QED) is 0.238. The largest absolute Gasteiger partial charge is 0.459 e. The van der Waals surface area contributed by atoms with Crippen molar-refractivity contribution in [3.8, 4) is 0 Å². The number of halogens is 11. The Labute approximate surface area is 163 Å². The van der Waals surface area contributed by atoms with Crippen LogP contribution in [0.4, 0.5) is 48.3 Å². The van der Waals surface area contributed by atoms with Gasteiger partial charge in [-0.1, -0.05) is 12.2 Å². The maximum Gasteiger partial charge on any atom is 0.395 e. The summed E-state index contributed by atoms with van der Waals surface area (Å²) in [6.07, 6.45) is -9.89. The summed E-state index contributed by atoms with van der Waals surface area (Å²) in [5.41, 5.74) is 0. The fourth-order valence-electron chi connectivity index (χ4n) is 3.49. The number of hydrogen-bond acceptors (Lipinski definition) is 2. The number of alkyl halides is 11. The van der Waals surface area contributed by atoms with Crippen LogP contribution in [-0.4, -0.2) is 42.4 Å². The highest BCUT2D eigenvalue weighted by molar-refractivity contribution is 5.74. The summed E-state index contributed by atoms with van der Waals surface area (Å²) >= 11 is 0.